The molecular weight excluding hydrogens is 312 g/mol. The van der Waals surface area contributed by atoms with Crippen molar-refractivity contribution in [2.24, 2.45) is 0 Å². The van der Waals surface area contributed by atoms with Crippen molar-refractivity contribution < 1.29 is 4.79 Å². The predicted octanol–water partition coefficient (Wildman–Crippen LogP) is 5.11. The summed E-state index contributed by atoms with van der Waals surface area (Å²) in [7, 11) is 0. The van der Waals surface area contributed by atoms with Gasteiger partial charge in [0.15, 0.2) is 5.78 Å². The highest BCUT2D eigenvalue weighted by Gasteiger charge is 2.14. The molecular formula is C18H19BrO. The van der Waals surface area contributed by atoms with Crippen LogP contribution < -0.4 is 0 Å². The monoisotopic (exact) mass is 330 g/mol. The molecule has 0 unspecified atom stereocenters. The zero-order valence-electron chi connectivity index (χ0n) is 12.2. The van der Waals surface area contributed by atoms with Gasteiger partial charge in [0.2, 0.25) is 0 Å². The maximum absolute atomic E-state index is 12.8. The van der Waals surface area contributed by atoms with E-state index in [9.17, 15) is 4.79 Å². The van der Waals surface area contributed by atoms with E-state index in [0.29, 0.717) is 0 Å². The average molecular weight is 331 g/mol. The van der Waals surface area contributed by atoms with E-state index in [2.05, 4.69) is 41.9 Å². The van der Waals surface area contributed by atoms with Gasteiger partial charge in [-0.3, -0.25) is 4.79 Å². The SMILES string of the molecule is CCc1ccc(CC)c(C(=O)c2cc(C)cc(Br)c2)c1. The Morgan fingerprint density at radius 3 is 2.40 bits per heavy atom. The summed E-state index contributed by atoms with van der Waals surface area (Å²) < 4.78 is 0.950. The summed E-state index contributed by atoms with van der Waals surface area (Å²) >= 11 is 3.47. The highest BCUT2D eigenvalue weighted by molar-refractivity contribution is 9.10. The lowest BCUT2D eigenvalue weighted by Crippen LogP contribution is -2.06. The summed E-state index contributed by atoms with van der Waals surface area (Å²) in [5, 5.41) is 0. The first-order valence-electron chi connectivity index (χ1n) is 6.98. The summed E-state index contributed by atoms with van der Waals surface area (Å²) in [6.07, 6.45) is 1.82. The molecule has 2 aromatic rings. The van der Waals surface area contributed by atoms with Crippen molar-refractivity contribution in [3.05, 3.63) is 68.7 Å². The minimum Gasteiger partial charge on any atom is -0.289 e. The molecule has 0 atom stereocenters. The third-order valence-corrected chi connectivity index (χ3v) is 3.97. The molecule has 0 aliphatic rings. The van der Waals surface area contributed by atoms with Crippen molar-refractivity contribution in [3.63, 3.8) is 0 Å². The van der Waals surface area contributed by atoms with Crippen molar-refractivity contribution >= 4 is 21.7 Å². The number of carbonyl (C=O) groups is 1. The third kappa shape index (κ3) is 3.18. The number of benzene rings is 2. The lowest BCUT2D eigenvalue weighted by atomic mass is 9.94. The minimum absolute atomic E-state index is 0.113. The first-order valence-corrected chi connectivity index (χ1v) is 7.78. The Labute approximate surface area is 129 Å². The van der Waals surface area contributed by atoms with Gasteiger partial charge < -0.3 is 0 Å². The Balaban J connectivity index is 2.51. The fourth-order valence-corrected chi connectivity index (χ4v) is 2.99. The van der Waals surface area contributed by atoms with Crippen molar-refractivity contribution in [1.82, 2.24) is 0 Å². The van der Waals surface area contributed by atoms with Gasteiger partial charge >= 0.3 is 0 Å². The molecule has 0 saturated carbocycles. The van der Waals surface area contributed by atoms with E-state index < -0.39 is 0 Å². The van der Waals surface area contributed by atoms with Crippen LogP contribution in [0.3, 0.4) is 0 Å². The lowest BCUT2D eigenvalue weighted by molar-refractivity contribution is 0.103. The average Bonchev–Trinajstić information content (AvgIpc) is 2.44. The smallest absolute Gasteiger partial charge is 0.193 e. The zero-order chi connectivity index (χ0) is 14.7. The van der Waals surface area contributed by atoms with Gasteiger partial charge in [-0.1, -0.05) is 41.9 Å². The lowest BCUT2D eigenvalue weighted by Gasteiger charge is -2.10. The van der Waals surface area contributed by atoms with Gasteiger partial charge in [0.1, 0.15) is 0 Å². The van der Waals surface area contributed by atoms with Gasteiger partial charge in [0.05, 0.1) is 0 Å². The minimum atomic E-state index is 0.113. The molecule has 0 fully saturated rings. The van der Waals surface area contributed by atoms with Crippen molar-refractivity contribution in [1.29, 1.82) is 0 Å². The van der Waals surface area contributed by atoms with Gasteiger partial charge in [-0.25, -0.2) is 0 Å². The Kier molecular flexibility index (Phi) is 4.77. The Morgan fingerprint density at radius 2 is 1.80 bits per heavy atom. The van der Waals surface area contributed by atoms with Gasteiger partial charge in [-0.2, -0.15) is 0 Å². The highest BCUT2D eigenvalue weighted by atomic mass is 79.9. The topological polar surface area (TPSA) is 17.1 Å². The maximum atomic E-state index is 12.8. The highest BCUT2D eigenvalue weighted by Crippen LogP contribution is 2.21. The molecule has 2 aromatic carbocycles. The first kappa shape index (κ1) is 15.0. The quantitative estimate of drug-likeness (QED) is 0.711. The van der Waals surface area contributed by atoms with E-state index >= 15 is 0 Å². The molecule has 0 aliphatic heterocycles. The summed E-state index contributed by atoms with van der Waals surface area (Å²) in [6.45, 7) is 6.20. The van der Waals surface area contributed by atoms with Gasteiger partial charge in [0, 0.05) is 15.6 Å². The predicted molar refractivity (Wildman–Crippen MR) is 87.5 cm³/mol. The summed E-state index contributed by atoms with van der Waals surface area (Å²) in [6, 6.07) is 12.1. The van der Waals surface area contributed by atoms with E-state index in [0.717, 1.165) is 39.6 Å². The van der Waals surface area contributed by atoms with Crippen LogP contribution in [-0.2, 0) is 12.8 Å². The number of carbonyl (C=O) groups excluding carboxylic acids is 1. The van der Waals surface area contributed by atoms with E-state index in [1.165, 1.54) is 5.56 Å². The number of hydrogen-bond donors (Lipinski definition) is 0. The maximum Gasteiger partial charge on any atom is 0.193 e. The van der Waals surface area contributed by atoms with Crippen LogP contribution in [0.1, 0.15) is 46.5 Å². The second kappa shape index (κ2) is 6.36. The fourth-order valence-electron chi connectivity index (χ4n) is 2.39. The molecule has 0 amide bonds. The Bertz CT molecular complexity index is 624. The second-order valence-electron chi connectivity index (χ2n) is 5.04. The van der Waals surface area contributed by atoms with Crippen LogP contribution in [0.5, 0.6) is 0 Å². The molecule has 0 N–H and O–H groups in total. The van der Waals surface area contributed by atoms with Crippen molar-refractivity contribution in [2.45, 2.75) is 33.6 Å². The molecule has 2 rings (SSSR count). The molecule has 2 heteroatoms. The summed E-state index contributed by atoms with van der Waals surface area (Å²) in [5.74, 6) is 0.113. The molecule has 0 spiro atoms. The number of ketones is 1. The molecule has 20 heavy (non-hydrogen) atoms. The molecule has 1 nitrogen and oxygen atoms in total. The van der Waals surface area contributed by atoms with Crippen LogP contribution in [0.2, 0.25) is 0 Å². The molecule has 0 saturated heterocycles. The van der Waals surface area contributed by atoms with Crippen LogP contribution in [-0.4, -0.2) is 5.78 Å². The fraction of sp³-hybridized carbons (Fsp3) is 0.278. The number of halogens is 1. The normalized spacial score (nSPS) is 10.6. The van der Waals surface area contributed by atoms with Crippen molar-refractivity contribution in [3.8, 4) is 0 Å². The van der Waals surface area contributed by atoms with Crippen LogP contribution in [0.25, 0.3) is 0 Å². The van der Waals surface area contributed by atoms with Crippen LogP contribution in [0.15, 0.2) is 40.9 Å². The summed E-state index contributed by atoms with van der Waals surface area (Å²) in [4.78, 5) is 12.8. The van der Waals surface area contributed by atoms with E-state index in [-0.39, 0.29) is 5.78 Å². The summed E-state index contributed by atoms with van der Waals surface area (Å²) in [5.41, 5.74) is 5.00. The zero-order valence-corrected chi connectivity index (χ0v) is 13.8. The standard InChI is InChI=1S/C18H19BrO/c1-4-13-6-7-14(5-2)17(10-13)18(20)15-8-12(3)9-16(19)11-15/h6-11H,4-5H2,1-3H3. The van der Waals surface area contributed by atoms with Gasteiger partial charge in [-0.15, -0.1) is 0 Å². The van der Waals surface area contributed by atoms with E-state index in [4.69, 9.17) is 0 Å². The van der Waals surface area contributed by atoms with Gasteiger partial charge in [0.25, 0.3) is 0 Å². The molecule has 0 aromatic heterocycles. The molecule has 0 radical (unpaired) electrons. The van der Waals surface area contributed by atoms with E-state index in [1.807, 2.05) is 31.2 Å². The molecule has 104 valence electrons. The van der Waals surface area contributed by atoms with Crippen LogP contribution in [0.4, 0.5) is 0 Å². The first-order chi connectivity index (χ1) is 9.55. The Hall–Kier alpha value is -1.41. The molecule has 0 bridgehead atoms. The van der Waals surface area contributed by atoms with E-state index in [1.54, 1.807) is 0 Å². The number of aryl methyl sites for hydroxylation is 3. The van der Waals surface area contributed by atoms with Crippen molar-refractivity contribution in [2.75, 3.05) is 0 Å². The molecule has 0 heterocycles. The largest absolute Gasteiger partial charge is 0.289 e. The third-order valence-electron chi connectivity index (χ3n) is 3.51. The van der Waals surface area contributed by atoms with Crippen LogP contribution in [0, 0.1) is 6.92 Å². The van der Waals surface area contributed by atoms with Gasteiger partial charge in [-0.05, 0) is 60.7 Å². The second-order valence-corrected chi connectivity index (χ2v) is 5.96. The van der Waals surface area contributed by atoms with Crippen LogP contribution >= 0.6 is 15.9 Å². The number of rotatable bonds is 4. The molecule has 0 aliphatic carbocycles. The number of hydrogen-bond acceptors (Lipinski definition) is 1. The Morgan fingerprint density at radius 1 is 1.05 bits per heavy atom.